The smallest absolute Gasteiger partial charge is 0.118 e. The lowest BCUT2D eigenvalue weighted by molar-refractivity contribution is 0.256. The van der Waals surface area contributed by atoms with Crippen molar-refractivity contribution in [3.63, 3.8) is 0 Å². The van der Waals surface area contributed by atoms with Crippen LogP contribution in [-0.4, -0.2) is 18.0 Å². The van der Waals surface area contributed by atoms with Crippen LogP contribution in [0.25, 0.3) is 0 Å². The molecule has 88 valence electrons. The molecule has 3 nitrogen and oxygen atoms in total. The van der Waals surface area contributed by atoms with E-state index in [0.29, 0.717) is 6.54 Å². The second-order valence-electron chi connectivity index (χ2n) is 4.55. The fraction of sp³-hybridized carbons (Fsp3) is 0.538. The van der Waals surface area contributed by atoms with Crippen molar-refractivity contribution >= 4 is 0 Å². The molecule has 2 rings (SSSR count). The summed E-state index contributed by atoms with van der Waals surface area (Å²) in [5.41, 5.74) is 8.21. The summed E-state index contributed by atoms with van der Waals surface area (Å²) in [6.07, 6.45) is 3.46. The van der Waals surface area contributed by atoms with Crippen molar-refractivity contribution in [3.8, 4) is 0 Å². The quantitative estimate of drug-likeness (QED) is 0.794. The molecule has 0 unspecified atom stereocenters. The molecule has 0 amide bonds. The van der Waals surface area contributed by atoms with Gasteiger partial charge < -0.3 is 10.2 Å². The van der Waals surface area contributed by atoms with Gasteiger partial charge in [0.25, 0.3) is 0 Å². The van der Waals surface area contributed by atoms with Crippen molar-refractivity contribution in [2.45, 2.75) is 33.4 Å². The van der Waals surface area contributed by atoms with E-state index in [0.717, 1.165) is 43.1 Å². The zero-order chi connectivity index (χ0) is 11.5. The van der Waals surface area contributed by atoms with Crippen molar-refractivity contribution in [3.05, 3.63) is 34.8 Å². The molecule has 3 heteroatoms. The molecule has 0 saturated carbocycles. The number of rotatable bonds is 3. The summed E-state index contributed by atoms with van der Waals surface area (Å²) >= 11 is 0. The summed E-state index contributed by atoms with van der Waals surface area (Å²) < 4.78 is 5.70. The third-order valence-electron chi connectivity index (χ3n) is 3.08. The van der Waals surface area contributed by atoms with Gasteiger partial charge in [0.1, 0.15) is 11.5 Å². The molecule has 16 heavy (non-hydrogen) atoms. The van der Waals surface area contributed by atoms with E-state index >= 15 is 0 Å². The van der Waals surface area contributed by atoms with Crippen molar-refractivity contribution in [2.75, 3.05) is 13.1 Å². The summed E-state index contributed by atoms with van der Waals surface area (Å²) in [5.74, 6) is 1.99. The first-order valence-electron chi connectivity index (χ1n) is 5.85. The van der Waals surface area contributed by atoms with Crippen LogP contribution in [0.1, 0.15) is 30.4 Å². The Labute approximate surface area is 96.9 Å². The van der Waals surface area contributed by atoms with Crippen LogP contribution in [-0.2, 0) is 13.1 Å². The van der Waals surface area contributed by atoms with Gasteiger partial charge in [-0.3, -0.25) is 4.90 Å². The van der Waals surface area contributed by atoms with Gasteiger partial charge in [-0.25, -0.2) is 0 Å². The Morgan fingerprint density at radius 2 is 2.25 bits per heavy atom. The van der Waals surface area contributed by atoms with Gasteiger partial charge in [0.2, 0.25) is 0 Å². The molecule has 2 N–H and O–H groups in total. The molecule has 1 aromatic heterocycles. The van der Waals surface area contributed by atoms with Gasteiger partial charge >= 0.3 is 0 Å². The average molecular weight is 220 g/mol. The summed E-state index contributed by atoms with van der Waals surface area (Å²) in [5, 5.41) is 0. The van der Waals surface area contributed by atoms with Crippen molar-refractivity contribution in [1.82, 2.24) is 4.90 Å². The molecule has 2 heterocycles. The lowest BCUT2D eigenvalue weighted by Crippen LogP contribution is -2.28. The molecule has 0 aromatic carbocycles. The van der Waals surface area contributed by atoms with Crippen LogP contribution in [0.3, 0.4) is 0 Å². The van der Waals surface area contributed by atoms with Crippen LogP contribution >= 0.6 is 0 Å². The normalized spacial score (nSPS) is 17.6. The van der Waals surface area contributed by atoms with Crippen LogP contribution in [0.5, 0.6) is 0 Å². The van der Waals surface area contributed by atoms with Gasteiger partial charge in [-0.05, 0) is 26.3 Å². The van der Waals surface area contributed by atoms with Crippen LogP contribution < -0.4 is 5.73 Å². The predicted octanol–water partition coefficient (Wildman–Crippen LogP) is 2.20. The third kappa shape index (κ3) is 2.54. The van der Waals surface area contributed by atoms with Gasteiger partial charge in [-0.2, -0.15) is 0 Å². The minimum absolute atomic E-state index is 0.564. The maximum absolute atomic E-state index is 5.70. The number of hydrogen-bond acceptors (Lipinski definition) is 3. The van der Waals surface area contributed by atoms with E-state index < -0.39 is 0 Å². The zero-order valence-corrected chi connectivity index (χ0v) is 10.1. The first kappa shape index (κ1) is 11.4. The Hall–Kier alpha value is -1.06. The fourth-order valence-electron chi connectivity index (χ4n) is 2.21. The van der Waals surface area contributed by atoms with Crippen LogP contribution in [0.2, 0.25) is 0 Å². The van der Waals surface area contributed by atoms with E-state index in [1.807, 2.05) is 6.92 Å². The van der Waals surface area contributed by atoms with E-state index in [1.54, 1.807) is 0 Å². The Kier molecular flexibility index (Phi) is 3.46. The lowest BCUT2D eigenvalue weighted by atomic mass is 10.1. The largest absolute Gasteiger partial charge is 0.465 e. The molecular formula is C13H20N2O. The van der Waals surface area contributed by atoms with Crippen molar-refractivity contribution < 1.29 is 4.42 Å². The lowest BCUT2D eigenvalue weighted by Gasteiger charge is -2.24. The highest BCUT2D eigenvalue weighted by Gasteiger charge is 2.13. The topological polar surface area (TPSA) is 42.4 Å². The van der Waals surface area contributed by atoms with Gasteiger partial charge in [0, 0.05) is 25.2 Å². The molecule has 1 aliphatic rings. The van der Waals surface area contributed by atoms with Gasteiger partial charge in [0.05, 0.1) is 6.54 Å². The molecule has 0 aliphatic carbocycles. The van der Waals surface area contributed by atoms with Crippen molar-refractivity contribution in [2.24, 2.45) is 5.73 Å². The summed E-state index contributed by atoms with van der Waals surface area (Å²) in [4.78, 5) is 2.41. The second kappa shape index (κ2) is 4.85. The first-order chi connectivity index (χ1) is 7.69. The number of nitrogens with zero attached hydrogens (tertiary/aromatic N) is 1. The summed E-state index contributed by atoms with van der Waals surface area (Å²) in [6.45, 7) is 7.80. The minimum atomic E-state index is 0.564. The van der Waals surface area contributed by atoms with Gasteiger partial charge in [-0.1, -0.05) is 11.6 Å². The Morgan fingerprint density at radius 1 is 1.44 bits per heavy atom. The predicted molar refractivity (Wildman–Crippen MR) is 65.0 cm³/mol. The molecule has 1 aromatic rings. The monoisotopic (exact) mass is 220 g/mol. The maximum Gasteiger partial charge on any atom is 0.118 e. The molecule has 0 radical (unpaired) electrons. The SMILES string of the molecule is CC1=CCCN(Cc2cc(CN)c(C)o2)C1. The fourth-order valence-corrected chi connectivity index (χ4v) is 2.21. The van der Waals surface area contributed by atoms with Crippen LogP contribution in [0.15, 0.2) is 22.1 Å². The van der Waals surface area contributed by atoms with E-state index in [4.69, 9.17) is 10.2 Å². The molecule has 1 aliphatic heterocycles. The molecule has 0 fully saturated rings. The summed E-state index contributed by atoms with van der Waals surface area (Å²) in [7, 11) is 0. The first-order valence-corrected chi connectivity index (χ1v) is 5.85. The van der Waals surface area contributed by atoms with E-state index in [1.165, 1.54) is 5.57 Å². The number of furan rings is 1. The van der Waals surface area contributed by atoms with E-state index in [-0.39, 0.29) is 0 Å². The molecule has 0 saturated heterocycles. The van der Waals surface area contributed by atoms with Gasteiger partial charge in [-0.15, -0.1) is 0 Å². The second-order valence-corrected chi connectivity index (χ2v) is 4.55. The highest BCUT2D eigenvalue weighted by atomic mass is 16.3. The maximum atomic E-state index is 5.70. The van der Waals surface area contributed by atoms with Crippen molar-refractivity contribution in [1.29, 1.82) is 0 Å². The Bertz CT molecular complexity index is 393. The van der Waals surface area contributed by atoms with Gasteiger partial charge in [0.15, 0.2) is 0 Å². The third-order valence-corrected chi connectivity index (χ3v) is 3.08. The molecule has 0 atom stereocenters. The van der Waals surface area contributed by atoms with E-state index in [9.17, 15) is 0 Å². The number of aryl methyl sites for hydroxylation is 1. The highest BCUT2D eigenvalue weighted by molar-refractivity contribution is 5.20. The van der Waals surface area contributed by atoms with Crippen LogP contribution in [0, 0.1) is 6.92 Å². The van der Waals surface area contributed by atoms with Crippen LogP contribution in [0.4, 0.5) is 0 Å². The number of nitrogens with two attached hydrogens (primary N) is 1. The Morgan fingerprint density at radius 3 is 2.88 bits per heavy atom. The molecule has 0 bridgehead atoms. The zero-order valence-electron chi connectivity index (χ0n) is 10.1. The minimum Gasteiger partial charge on any atom is -0.465 e. The summed E-state index contributed by atoms with van der Waals surface area (Å²) in [6, 6.07) is 2.09. The molecular weight excluding hydrogens is 200 g/mol. The Balaban J connectivity index is 2.01. The highest BCUT2D eigenvalue weighted by Crippen LogP contribution is 2.18. The average Bonchev–Trinajstić information content (AvgIpc) is 2.58. The molecule has 0 spiro atoms. The van der Waals surface area contributed by atoms with E-state index in [2.05, 4.69) is 24.0 Å². The standard InChI is InChI=1S/C13H20N2O/c1-10-4-3-5-15(8-10)9-13-6-12(7-14)11(2)16-13/h4,6H,3,5,7-9,14H2,1-2H3. The number of hydrogen-bond donors (Lipinski definition) is 1.